The quantitative estimate of drug-likeness (QED) is 0.561. The van der Waals surface area contributed by atoms with Crippen LogP contribution in [0.15, 0.2) is 12.2 Å². The van der Waals surface area contributed by atoms with Gasteiger partial charge >= 0.3 is 12.0 Å². The Morgan fingerprint density at radius 3 is 2.53 bits per heavy atom. The normalized spacial score (nSPS) is 33.9. The summed E-state index contributed by atoms with van der Waals surface area (Å²) in [6, 6.07) is -0.427. The number of rotatable bonds is 3. The average molecular weight is 267 g/mol. The standard InChI is InChI=1S/C13H21N3O3/c14-10-3-1-2-4-11(10)16-13(19)15-9-6-5-8(7-9)12(17)18/h5-6,8-11H,1-4,7,14H2,(H,17,18)(H2,15,16,19). The molecule has 0 aliphatic heterocycles. The maximum atomic E-state index is 11.8. The van der Waals surface area contributed by atoms with Gasteiger partial charge < -0.3 is 21.5 Å². The van der Waals surface area contributed by atoms with Crippen molar-refractivity contribution in [1.82, 2.24) is 10.6 Å². The number of hydrogen-bond acceptors (Lipinski definition) is 3. The number of carbonyl (C=O) groups is 2. The third kappa shape index (κ3) is 3.70. The third-order valence-corrected chi connectivity index (χ3v) is 3.85. The second kappa shape index (κ2) is 6.06. The van der Waals surface area contributed by atoms with Gasteiger partial charge in [-0.3, -0.25) is 4.79 Å². The lowest BCUT2D eigenvalue weighted by molar-refractivity contribution is -0.140. The van der Waals surface area contributed by atoms with E-state index < -0.39 is 11.9 Å². The zero-order valence-corrected chi connectivity index (χ0v) is 10.8. The number of nitrogens with one attached hydrogen (secondary N) is 2. The molecule has 2 amide bonds. The fourth-order valence-electron chi connectivity index (χ4n) is 2.71. The SMILES string of the molecule is NC1CCCCC1NC(=O)NC1C=CC(C(=O)O)C1. The predicted molar refractivity (Wildman–Crippen MR) is 70.6 cm³/mol. The van der Waals surface area contributed by atoms with Crippen molar-refractivity contribution >= 4 is 12.0 Å². The van der Waals surface area contributed by atoms with Crippen molar-refractivity contribution in [2.24, 2.45) is 11.7 Å². The second-order valence-corrected chi connectivity index (χ2v) is 5.34. The minimum Gasteiger partial charge on any atom is -0.481 e. The predicted octanol–water partition coefficient (Wildman–Crippen LogP) is 0.585. The molecule has 4 atom stereocenters. The van der Waals surface area contributed by atoms with Gasteiger partial charge in [0.2, 0.25) is 0 Å². The largest absolute Gasteiger partial charge is 0.481 e. The van der Waals surface area contributed by atoms with E-state index >= 15 is 0 Å². The number of hydrogen-bond donors (Lipinski definition) is 4. The molecule has 0 bridgehead atoms. The van der Waals surface area contributed by atoms with Gasteiger partial charge in [0.05, 0.1) is 12.0 Å². The molecule has 2 rings (SSSR count). The summed E-state index contributed by atoms with van der Waals surface area (Å²) in [4.78, 5) is 22.6. The lowest BCUT2D eigenvalue weighted by atomic mass is 9.91. The maximum Gasteiger partial charge on any atom is 0.315 e. The molecule has 2 aliphatic carbocycles. The van der Waals surface area contributed by atoms with E-state index in [9.17, 15) is 9.59 Å². The van der Waals surface area contributed by atoms with Gasteiger partial charge in [-0.15, -0.1) is 0 Å². The van der Waals surface area contributed by atoms with Crippen molar-refractivity contribution in [3.8, 4) is 0 Å². The molecule has 0 radical (unpaired) electrons. The summed E-state index contributed by atoms with van der Waals surface area (Å²) in [5.41, 5.74) is 5.96. The number of carbonyl (C=O) groups excluding carboxylic acids is 1. The molecule has 1 fully saturated rings. The fourth-order valence-corrected chi connectivity index (χ4v) is 2.71. The molecule has 0 spiro atoms. The Morgan fingerprint density at radius 1 is 1.16 bits per heavy atom. The molecule has 2 aliphatic rings. The first-order valence-corrected chi connectivity index (χ1v) is 6.80. The van der Waals surface area contributed by atoms with E-state index in [2.05, 4.69) is 10.6 Å². The molecule has 0 aromatic heterocycles. The molecule has 0 aromatic carbocycles. The van der Waals surface area contributed by atoms with Gasteiger partial charge in [0.15, 0.2) is 0 Å². The van der Waals surface area contributed by atoms with E-state index in [-0.39, 0.29) is 24.2 Å². The van der Waals surface area contributed by atoms with Crippen molar-refractivity contribution in [2.75, 3.05) is 0 Å². The molecule has 4 unspecified atom stereocenters. The molecular weight excluding hydrogens is 246 g/mol. The van der Waals surface area contributed by atoms with Crippen LogP contribution in [0.2, 0.25) is 0 Å². The first kappa shape index (κ1) is 13.9. The van der Waals surface area contributed by atoms with Gasteiger partial charge in [0.1, 0.15) is 0 Å². The van der Waals surface area contributed by atoms with Crippen LogP contribution in [0.25, 0.3) is 0 Å². The number of nitrogens with two attached hydrogens (primary N) is 1. The first-order valence-electron chi connectivity index (χ1n) is 6.80. The van der Waals surface area contributed by atoms with Crippen LogP contribution in [0.5, 0.6) is 0 Å². The monoisotopic (exact) mass is 267 g/mol. The van der Waals surface area contributed by atoms with Crippen molar-refractivity contribution in [1.29, 1.82) is 0 Å². The van der Waals surface area contributed by atoms with Gasteiger partial charge in [-0.2, -0.15) is 0 Å². The minimum atomic E-state index is -0.852. The van der Waals surface area contributed by atoms with Crippen LogP contribution < -0.4 is 16.4 Å². The highest BCUT2D eigenvalue weighted by molar-refractivity contribution is 5.76. The number of carboxylic acids is 1. The summed E-state index contributed by atoms with van der Waals surface area (Å²) in [5.74, 6) is -1.35. The van der Waals surface area contributed by atoms with Crippen LogP contribution in [-0.4, -0.2) is 35.2 Å². The van der Waals surface area contributed by atoms with Gasteiger partial charge in [-0.05, 0) is 19.3 Å². The van der Waals surface area contributed by atoms with Crippen molar-refractivity contribution in [3.63, 3.8) is 0 Å². The van der Waals surface area contributed by atoms with Gasteiger partial charge in [-0.1, -0.05) is 25.0 Å². The molecule has 0 heterocycles. The summed E-state index contributed by atoms with van der Waals surface area (Å²) in [5, 5.41) is 14.5. The Labute approximate surface area is 112 Å². The summed E-state index contributed by atoms with van der Waals surface area (Å²) >= 11 is 0. The zero-order chi connectivity index (χ0) is 13.8. The molecular formula is C13H21N3O3. The molecule has 106 valence electrons. The smallest absolute Gasteiger partial charge is 0.315 e. The van der Waals surface area contributed by atoms with Crippen LogP contribution in [0.4, 0.5) is 4.79 Å². The molecule has 1 saturated carbocycles. The highest BCUT2D eigenvalue weighted by atomic mass is 16.4. The first-order chi connectivity index (χ1) is 9.06. The molecule has 5 N–H and O–H groups in total. The summed E-state index contributed by atoms with van der Waals surface area (Å²) < 4.78 is 0. The van der Waals surface area contributed by atoms with Crippen molar-refractivity contribution in [3.05, 3.63) is 12.2 Å². The zero-order valence-electron chi connectivity index (χ0n) is 10.8. The van der Waals surface area contributed by atoms with E-state index in [1.54, 1.807) is 12.2 Å². The van der Waals surface area contributed by atoms with Crippen LogP contribution in [-0.2, 0) is 4.79 Å². The minimum absolute atomic E-state index is 0.0189. The van der Waals surface area contributed by atoms with Crippen LogP contribution in [0.3, 0.4) is 0 Å². The second-order valence-electron chi connectivity index (χ2n) is 5.34. The number of amides is 2. The molecule has 19 heavy (non-hydrogen) atoms. The van der Waals surface area contributed by atoms with E-state index in [1.165, 1.54) is 0 Å². The van der Waals surface area contributed by atoms with Crippen LogP contribution >= 0.6 is 0 Å². The number of urea groups is 1. The Hall–Kier alpha value is -1.56. The lowest BCUT2D eigenvalue weighted by Crippen LogP contribution is -2.53. The van der Waals surface area contributed by atoms with E-state index in [0.29, 0.717) is 6.42 Å². The Bertz CT molecular complexity index is 383. The highest BCUT2D eigenvalue weighted by Crippen LogP contribution is 2.19. The Kier molecular flexibility index (Phi) is 4.42. The summed E-state index contributed by atoms with van der Waals surface area (Å²) in [6.45, 7) is 0. The molecule has 6 nitrogen and oxygen atoms in total. The van der Waals surface area contributed by atoms with E-state index in [4.69, 9.17) is 10.8 Å². The maximum absolute atomic E-state index is 11.8. The summed E-state index contributed by atoms with van der Waals surface area (Å²) in [7, 11) is 0. The van der Waals surface area contributed by atoms with Gasteiger partial charge in [0, 0.05) is 12.1 Å². The lowest BCUT2D eigenvalue weighted by Gasteiger charge is -2.29. The van der Waals surface area contributed by atoms with Crippen molar-refractivity contribution < 1.29 is 14.7 Å². The highest BCUT2D eigenvalue weighted by Gasteiger charge is 2.27. The fraction of sp³-hybridized carbons (Fsp3) is 0.692. The average Bonchev–Trinajstić information content (AvgIpc) is 2.80. The van der Waals surface area contributed by atoms with Crippen LogP contribution in [0, 0.1) is 5.92 Å². The number of aliphatic carboxylic acids is 1. The summed E-state index contributed by atoms with van der Waals surface area (Å²) in [6.07, 6.45) is 7.83. The molecule has 0 saturated heterocycles. The third-order valence-electron chi connectivity index (χ3n) is 3.85. The topological polar surface area (TPSA) is 104 Å². The molecule has 6 heteroatoms. The Morgan fingerprint density at radius 2 is 1.89 bits per heavy atom. The van der Waals surface area contributed by atoms with E-state index in [0.717, 1.165) is 25.7 Å². The van der Waals surface area contributed by atoms with Crippen LogP contribution in [0.1, 0.15) is 32.1 Å². The molecule has 0 aromatic rings. The van der Waals surface area contributed by atoms with Crippen molar-refractivity contribution in [2.45, 2.75) is 50.2 Å². The van der Waals surface area contributed by atoms with E-state index in [1.807, 2.05) is 0 Å². The number of carboxylic acid groups (broad SMARTS) is 1. The van der Waals surface area contributed by atoms with Gasteiger partial charge in [-0.25, -0.2) is 4.79 Å². The Balaban J connectivity index is 1.76. The van der Waals surface area contributed by atoms with Gasteiger partial charge in [0.25, 0.3) is 0 Å².